The zero-order valence-electron chi connectivity index (χ0n) is 16.1. The molecule has 27 heavy (non-hydrogen) atoms. The first-order valence-corrected chi connectivity index (χ1v) is 9.39. The number of ether oxygens (including phenoxy) is 2. The minimum Gasteiger partial charge on any atom is -0.493 e. The van der Waals surface area contributed by atoms with Gasteiger partial charge in [0.1, 0.15) is 0 Å². The highest BCUT2D eigenvalue weighted by Crippen LogP contribution is 2.27. The van der Waals surface area contributed by atoms with Gasteiger partial charge in [0.15, 0.2) is 11.5 Å². The van der Waals surface area contributed by atoms with E-state index < -0.39 is 0 Å². The fourth-order valence-electron chi connectivity index (χ4n) is 2.59. The summed E-state index contributed by atoms with van der Waals surface area (Å²) in [7, 11) is 1.61. The lowest BCUT2D eigenvalue weighted by atomic mass is 10.1. The van der Waals surface area contributed by atoms with Crippen LogP contribution in [0.4, 0.5) is 0 Å². The number of nitrogens with zero attached hydrogens (tertiary/aromatic N) is 1. The molecule has 0 saturated heterocycles. The Balaban J connectivity index is 1.85. The second kappa shape index (κ2) is 11.7. The molecule has 0 atom stereocenters. The van der Waals surface area contributed by atoms with Gasteiger partial charge in [-0.25, -0.2) is 5.43 Å². The highest BCUT2D eigenvalue weighted by atomic mass is 16.5. The van der Waals surface area contributed by atoms with E-state index in [-0.39, 0.29) is 5.91 Å². The number of unbranched alkanes of at least 4 members (excludes halogenated alkanes) is 3. The van der Waals surface area contributed by atoms with Crippen LogP contribution in [0.2, 0.25) is 0 Å². The van der Waals surface area contributed by atoms with Gasteiger partial charge < -0.3 is 9.47 Å². The van der Waals surface area contributed by atoms with Crippen LogP contribution in [0.3, 0.4) is 0 Å². The maximum Gasteiger partial charge on any atom is 0.244 e. The Labute approximate surface area is 161 Å². The summed E-state index contributed by atoms with van der Waals surface area (Å²) in [5.74, 6) is 1.22. The molecule has 144 valence electrons. The maximum absolute atomic E-state index is 11.9. The second-order valence-electron chi connectivity index (χ2n) is 6.27. The second-order valence-corrected chi connectivity index (χ2v) is 6.27. The summed E-state index contributed by atoms with van der Waals surface area (Å²) in [5.41, 5.74) is 4.32. The third-order valence-corrected chi connectivity index (χ3v) is 4.05. The van der Waals surface area contributed by atoms with Crippen LogP contribution in [0.1, 0.15) is 43.7 Å². The molecule has 2 aromatic rings. The Kier molecular flexibility index (Phi) is 8.90. The van der Waals surface area contributed by atoms with Gasteiger partial charge in [0.05, 0.1) is 26.4 Å². The van der Waals surface area contributed by atoms with E-state index in [1.165, 1.54) is 19.3 Å². The van der Waals surface area contributed by atoms with Crippen LogP contribution in [0.15, 0.2) is 53.6 Å². The van der Waals surface area contributed by atoms with Crippen molar-refractivity contribution >= 4 is 12.1 Å². The smallest absolute Gasteiger partial charge is 0.244 e. The fourth-order valence-corrected chi connectivity index (χ4v) is 2.59. The van der Waals surface area contributed by atoms with Crippen LogP contribution in [0.25, 0.3) is 0 Å². The van der Waals surface area contributed by atoms with E-state index in [2.05, 4.69) is 17.5 Å². The molecule has 1 amide bonds. The van der Waals surface area contributed by atoms with Gasteiger partial charge in [-0.3, -0.25) is 4.79 Å². The molecule has 0 unspecified atom stereocenters. The summed E-state index contributed by atoms with van der Waals surface area (Å²) in [6.45, 7) is 2.87. The molecule has 0 aliphatic rings. The molecule has 0 fully saturated rings. The van der Waals surface area contributed by atoms with Crippen molar-refractivity contribution in [3.8, 4) is 11.5 Å². The summed E-state index contributed by atoms with van der Waals surface area (Å²) in [4.78, 5) is 11.9. The zero-order chi connectivity index (χ0) is 19.3. The van der Waals surface area contributed by atoms with Gasteiger partial charge in [0.25, 0.3) is 0 Å². The number of carbonyl (C=O) groups is 1. The van der Waals surface area contributed by atoms with Crippen molar-refractivity contribution in [1.29, 1.82) is 0 Å². The summed E-state index contributed by atoms with van der Waals surface area (Å²) in [6, 6.07) is 15.2. The van der Waals surface area contributed by atoms with Crippen LogP contribution >= 0.6 is 0 Å². The number of hydrazone groups is 1. The van der Waals surface area contributed by atoms with Crippen LogP contribution in [-0.2, 0) is 11.2 Å². The molecule has 0 saturated carbocycles. The molecule has 0 spiro atoms. The van der Waals surface area contributed by atoms with E-state index in [1.807, 2.05) is 48.5 Å². The number of carbonyl (C=O) groups excluding carboxylic acids is 1. The lowest BCUT2D eigenvalue weighted by Crippen LogP contribution is -2.19. The van der Waals surface area contributed by atoms with Gasteiger partial charge in [-0.15, -0.1) is 0 Å². The molecule has 5 nitrogen and oxygen atoms in total. The van der Waals surface area contributed by atoms with E-state index in [9.17, 15) is 4.79 Å². The van der Waals surface area contributed by atoms with Crippen molar-refractivity contribution in [2.45, 2.75) is 39.0 Å². The quantitative estimate of drug-likeness (QED) is 0.364. The van der Waals surface area contributed by atoms with E-state index in [0.29, 0.717) is 18.8 Å². The molecular formula is C22H28N2O3. The third-order valence-electron chi connectivity index (χ3n) is 4.05. The Morgan fingerprint density at radius 3 is 2.63 bits per heavy atom. The number of hydrogen-bond acceptors (Lipinski definition) is 4. The number of rotatable bonds is 11. The maximum atomic E-state index is 11.9. The summed E-state index contributed by atoms with van der Waals surface area (Å²) < 4.78 is 11.2. The van der Waals surface area contributed by atoms with Gasteiger partial charge in [-0.2, -0.15) is 5.10 Å². The molecular weight excluding hydrogens is 340 g/mol. The number of hydrogen-bond donors (Lipinski definition) is 1. The molecule has 2 rings (SSSR count). The SMILES string of the molecule is CCCCCCOc1ccc(/C=N\NC(=O)Cc2ccccc2)cc1OC. The Morgan fingerprint density at radius 1 is 1.07 bits per heavy atom. The lowest BCUT2D eigenvalue weighted by molar-refractivity contribution is -0.120. The number of benzene rings is 2. The van der Waals surface area contributed by atoms with Crippen molar-refractivity contribution in [2.24, 2.45) is 5.10 Å². The Morgan fingerprint density at radius 2 is 1.89 bits per heavy atom. The molecule has 0 aromatic heterocycles. The molecule has 1 N–H and O–H groups in total. The van der Waals surface area contributed by atoms with Gasteiger partial charge in [-0.1, -0.05) is 56.5 Å². The van der Waals surface area contributed by atoms with E-state index in [0.717, 1.165) is 23.3 Å². The van der Waals surface area contributed by atoms with E-state index >= 15 is 0 Å². The van der Waals surface area contributed by atoms with Crippen molar-refractivity contribution < 1.29 is 14.3 Å². The Hall–Kier alpha value is -2.82. The first-order chi connectivity index (χ1) is 13.2. The summed E-state index contributed by atoms with van der Waals surface area (Å²) >= 11 is 0. The van der Waals surface area contributed by atoms with Crippen molar-refractivity contribution in [2.75, 3.05) is 13.7 Å². The molecule has 2 aromatic carbocycles. The van der Waals surface area contributed by atoms with Gasteiger partial charge >= 0.3 is 0 Å². The largest absolute Gasteiger partial charge is 0.493 e. The van der Waals surface area contributed by atoms with Gasteiger partial charge in [-0.05, 0) is 35.7 Å². The van der Waals surface area contributed by atoms with Crippen LogP contribution in [0.5, 0.6) is 11.5 Å². The normalized spacial score (nSPS) is 10.7. The topological polar surface area (TPSA) is 59.9 Å². The van der Waals surface area contributed by atoms with Crippen LogP contribution < -0.4 is 14.9 Å². The van der Waals surface area contributed by atoms with Crippen molar-refractivity contribution in [1.82, 2.24) is 5.43 Å². The predicted molar refractivity (Wildman–Crippen MR) is 109 cm³/mol. The summed E-state index contributed by atoms with van der Waals surface area (Å²) in [5, 5.41) is 4.02. The van der Waals surface area contributed by atoms with Crippen molar-refractivity contribution in [3.05, 3.63) is 59.7 Å². The average molecular weight is 368 g/mol. The predicted octanol–water partition coefficient (Wildman–Crippen LogP) is 4.35. The first kappa shape index (κ1) is 20.5. The average Bonchev–Trinajstić information content (AvgIpc) is 2.69. The van der Waals surface area contributed by atoms with Crippen LogP contribution in [-0.4, -0.2) is 25.8 Å². The highest BCUT2D eigenvalue weighted by Gasteiger charge is 2.05. The molecule has 0 radical (unpaired) electrons. The van der Waals surface area contributed by atoms with Crippen molar-refractivity contribution in [3.63, 3.8) is 0 Å². The lowest BCUT2D eigenvalue weighted by Gasteiger charge is -2.11. The molecule has 0 aliphatic heterocycles. The monoisotopic (exact) mass is 368 g/mol. The molecule has 5 heteroatoms. The number of methoxy groups -OCH3 is 1. The first-order valence-electron chi connectivity index (χ1n) is 9.39. The highest BCUT2D eigenvalue weighted by molar-refractivity contribution is 5.84. The Bertz CT molecular complexity index is 730. The minimum atomic E-state index is -0.156. The standard InChI is InChI=1S/C22H28N2O3/c1-3-4-5-9-14-27-20-13-12-19(15-21(20)26-2)17-23-24-22(25)16-18-10-7-6-8-11-18/h6-8,10-13,15,17H,3-5,9,14,16H2,1-2H3,(H,24,25)/b23-17-. The molecule has 0 heterocycles. The van der Waals surface area contributed by atoms with Gasteiger partial charge in [0.2, 0.25) is 5.91 Å². The number of amides is 1. The fraction of sp³-hybridized carbons (Fsp3) is 0.364. The van der Waals surface area contributed by atoms with Gasteiger partial charge in [0, 0.05) is 0 Å². The van der Waals surface area contributed by atoms with E-state index in [1.54, 1.807) is 13.3 Å². The summed E-state index contributed by atoms with van der Waals surface area (Å²) in [6.07, 6.45) is 6.54. The number of nitrogens with one attached hydrogen (secondary N) is 1. The zero-order valence-corrected chi connectivity index (χ0v) is 16.1. The van der Waals surface area contributed by atoms with Crippen LogP contribution in [0, 0.1) is 0 Å². The molecule has 0 bridgehead atoms. The van der Waals surface area contributed by atoms with E-state index in [4.69, 9.17) is 9.47 Å². The minimum absolute atomic E-state index is 0.156. The molecule has 0 aliphatic carbocycles. The third kappa shape index (κ3) is 7.52.